The minimum atomic E-state index is 0.994. The monoisotopic (exact) mass is 139 g/mol. The molecule has 0 fully saturated rings. The van der Waals surface area contributed by atoms with Gasteiger partial charge >= 0.3 is 0 Å². The van der Waals surface area contributed by atoms with Gasteiger partial charge in [0.05, 0.1) is 0 Å². The zero-order chi connectivity index (χ0) is 7.82. The van der Waals surface area contributed by atoms with Crippen molar-refractivity contribution in [3.05, 3.63) is 11.6 Å². The van der Waals surface area contributed by atoms with E-state index >= 15 is 0 Å². The van der Waals surface area contributed by atoms with E-state index in [0.717, 1.165) is 6.42 Å². The lowest BCUT2D eigenvalue weighted by molar-refractivity contribution is 0.968. The number of aliphatic imine (C=N–C) groups is 1. The molecule has 0 unspecified atom stereocenters. The Labute approximate surface area is 63.9 Å². The van der Waals surface area contributed by atoms with Crippen LogP contribution in [0, 0.1) is 0 Å². The van der Waals surface area contributed by atoms with Crippen molar-refractivity contribution in [2.24, 2.45) is 4.99 Å². The number of rotatable bonds is 4. The van der Waals surface area contributed by atoms with Gasteiger partial charge in [-0.1, -0.05) is 25.5 Å². The van der Waals surface area contributed by atoms with Crippen LogP contribution in [-0.4, -0.2) is 13.3 Å². The van der Waals surface area contributed by atoms with Crippen molar-refractivity contribution >= 4 is 6.21 Å². The fourth-order valence-electron chi connectivity index (χ4n) is 0.863. The van der Waals surface area contributed by atoms with Crippen LogP contribution in [0.3, 0.4) is 0 Å². The molecule has 0 heterocycles. The third kappa shape index (κ3) is 4.30. The molecule has 0 amide bonds. The van der Waals surface area contributed by atoms with E-state index in [1.807, 2.05) is 13.3 Å². The lowest BCUT2D eigenvalue weighted by Crippen LogP contribution is -1.78. The molecule has 0 aromatic rings. The molecule has 0 aliphatic heterocycles. The zero-order valence-corrected chi connectivity index (χ0v) is 7.22. The molecule has 0 aromatic carbocycles. The van der Waals surface area contributed by atoms with Crippen molar-refractivity contribution in [2.75, 3.05) is 7.05 Å². The molecule has 1 heteroatoms. The fraction of sp³-hybridized carbons (Fsp3) is 0.667. The summed E-state index contributed by atoms with van der Waals surface area (Å²) in [6.45, 7) is 4.39. The van der Waals surface area contributed by atoms with Crippen molar-refractivity contribution < 1.29 is 0 Å². The quantitative estimate of drug-likeness (QED) is 0.419. The van der Waals surface area contributed by atoms with Gasteiger partial charge in [0.25, 0.3) is 0 Å². The molecule has 0 aliphatic rings. The maximum atomic E-state index is 3.91. The van der Waals surface area contributed by atoms with Gasteiger partial charge in [-0.25, -0.2) is 0 Å². The third-order valence-corrected chi connectivity index (χ3v) is 1.60. The van der Waals surface area contributed by atoms with E-state index in [1.54, 1.807) is 0 Å². The van der Waals surface area contributed by atoms with E-state index in [2.05, 4.69) is 24.9 Å². The summed E-state index contributed by atoms with van der Waals surface area (Å²) in [5.41, 5.74) is 1.53. The van der Waals surface area contributed by atoms with Crippen molar-refractivity contribution in [1.29, 1.82) is 0 Å². The van der Waals surface area contributed by atoms with Crippen molar-refractivity contribution in [3.8, 4) is 0 Å². The lowest BCUT2D eigenvalue weighted by Gasteiger charge is -1.96. The molecule has 0 saturated carbocycles. The van der Waals surface area contributed by atoms with Crippen molar-refractivity contribution in [1.82, 2.24) is 0 Å². The topological polar surface area (TPSA) is 12.4 Å². The van der Waals surface area contributed by atoms with Crippen LogP contribution in [0.15, 0.2) is 16.6 Å². The summed E-state index contributed by atoms with van der Waals surface area (Å²) in [6, 6.07) is 0. The molecule has 0 aromatic heterocycles. The Bertz CT molecular complexity index is 117. The summed E-state index contributed by atoms with van der Waals surface area (Å²) in [7, 11) is 1.81. The van der Waals surface area contributed by atoms with E-state index in [0.29, 0.717) is 0 Å². The molecular formula is C9H17N. The summed E-state index contributed by atoms with van der Waals surface area (Å²) in [5.74, 6) is 0. The number of nitrogens with zero attached hydrogens (tertiary/aromatic N) is 1. The van der Waals surface area contributed by atoms with Gasteiger partial charge in [-0.3, -0.25) is 0 Å². The van der Waals surface area contributed by atoms with Gasteiger partial charge in [0.15, 0.2) is 0 Å². The standard InChI is InChI=1S/C9H17N/c1-4-9(5-2)7-6-8-10-3/h7-8H,4-6H2,1-3H3. The predicted octanol–water partition coefficient (Wildman–Crippen LogP) is 2.82. The van der Waals surface area contributed by atoms with E-state index < -0.39 is 0 Å². The first kappa shape index (κ1) is 9.41. The van der Waals surface area contributed by atoms with E-state index in [1.165, 1.54) is 18.4 Å². The predicted molar refractivity (Wildman–Crippen MR) is 47.7 cm³/mol. The first-order valence-corrected chi connectivity index (χ1v) is 3.93. The lowest BCUT2D eigenvalue weighted by atomic mass is 10.1. The third-order valence-electron chi connectivity index (χ3n) is 1.60. The van der Waals surface area contributed by atoms with Gasteiger partial charge in [-0.05, 0) is 12.8 Å². The average Bonchev–Trinajstić information content (AvgIpc) is 1.99. The Morgan fingerprint density at radius 1 is 1.30 bits per heavy atom. The second-order valence-corrected chi connectivity index (χ2v) is 2.25. The van der Waals surface area contributed by atoms with Crippen LogP contribution >= 0.6 is 0 Å². The molecule has 58 valence electrons. The minimum absolute atomic E-state index is 0.994. The summed E-state index contributed by atoms with van der Waals surface area (Å²) >= 11 is 0. The molecule has 0 N–H and O–H groups in total. The van der Waals surface area contributed by atoms with Gasteiger partial charge in [-0.15, -0.1) is 0 Å². The molecule has 0 rings (SSSR count). The van der Waals surface area contributed by atoms with Crippen LogP contribution in [-0.2, 0) is 0 Å². The summed E-state index contributed by atoms with van der Waals surface area (Å²) < 4.78 is 0. The van der Waals surface area contributed by atoms with Gasteiger partial charge in [-0.2, -0.15) is 0 Å². The summed E-state index contributed by atoms with van der Waals surface area (Å²) in [6.07, 6.45) is 7.54. The summed E-state index contributed by atoms with van der Waals surface area (Å²) in [4.78, 5) is 3.91. The first-order chi connectivity index (χ1) is 4.85. The van der Waals surface area contributed by atoms with Crippen molar-refractivity contribution in [2.45, 2.75) is 33.1 Å². The zero-order valence-electron chi connectivity index (χ0n) is 7.22. The molecule has 0 bridgehead atoms. The smallest absolute Gasteiger partial charge is 0.0273 e. The van der Waals surface area contributed by atoms with E-state index in [4.69, 9.17) is 0 Å². The van der Waals surface area contributed by atoms with Crippen LogP contribution < -0.4 is 0 Å². The van der Waals surface area contributed by atoms with Gasteiger partial charge < -0.3 is 4.99 Å². The highest BCUT2D eigenvalue weighted by Gasteiger charge is 1.85. The Kier molecular flexibility index (Phi) is 6.14. The summed E-state index contributed by atoms with van der Waals surface area (Å²) in [5, 5.41) is 0. The Morgan fingerprint density at radius 3 is 2.30 bits per heavy atom. The highest BCUT2D eigenvalue weighted by Crippen LogP contribution is 2.05. The molecule has 0 saturated heterocycles. The molecule has 0 radical (unpaired) electrons. The maximum Gasteiger partial charge on any atom is 0.0273 e. The van der Waals surface area contributed by atoms with Crippen LogP contribution in [0.2, 0.25) is 0 Å². The highest BCUT2D eigenvalue weighted by molar-refractivity contribution is 5.59. The van der Waals surface area contributed by atoms with Gasteiger partial charge in [0.1, 0.15) is 0 Å². The van der Waals surface area contributed by atoms with Crippen LogP contribution in [0.4, 0.5) is 0 Å². The van der Waals surface area contributed by atoms with E-state index in [-0.39, 0.29) is 0 Å². The Morgan fingerprint density at radius 2 is 1.90 bits per heavy atom. The average molecular weight is 139 g/mol. The second-order valence-electron chi connectivity index (χ2n) is 2.25. The molecule has 0 aliphatic carbocycles. The number of allylic oxidation sites excluding steroid dienone is 2. The first-order valence-electron chi connectivity index (χ1n) is 3.93. The number of hydrogen-bond acceptors (Lipinski definition) is 1. The SMILES string of the molecule is CCC(=CCC=NC)CC. The van der Waals surface area contributed by atoms with Gasteiger partial charge in [0, 0.05) is 19.7 Å². The molecule has 0 atom stereocenters. The molecular weight excluding hydrogens is 122 g/mol. The molecule has 1 nitrogen and oxygen atoms in total. The Balaban J connectivity index is 3.63. The van der Waals surface area contributed by atoms with Crippen LogP contribution in [0.25, 0.3) is 0 Å². The van der Waals surface area contributed by atoms with Crippen LogP contribution in [0.5, 0.6) is 0 Å². The second kappa shape index (κ2) is 6.53. The fourth-order valence-corrected chi connectivity index (χ4v) is 0.863. The maximum absolute atomic E-state index is 3.91. The molecule has 10 heavy (non-hydrogen) atoms. The van der Waals surface area contributed by atoms with E-state index in [9.17, 15) is 0 Å². The van der Waals surface area contributed by atoms with Crippen LogP contribution in [0.1, 0.15) is 33.1 Å². The van der Waals surface area contributed by atoms with Gasteiger partial charge in [0.2, 0.25) is 0 Å². The molecule has 0 spiro atoms. The van der Waals surface area contributed by atoms with Crippen molar-refractivity contribution in [3.63, 3.8) is 0 Å². The highest BCUT2D eigenvalue weighted by atomic mass is 14.6. The minimum Gasteiger partial charge on any atom is -0.301 e. The largest absolute Gasteiger partial charge is 0.301 e. The number of hydrogen-bond donors (Lipinski definition) is 0. The Hall–Kier alpha value is -0.590. The normalized spacial score (nSPS) is 10.3.